The Kier molecular flexibility index (Phi) is 5.50. The van der Waals surface area contributed by atoms with E-state index in [4.69, 9.17) is 9.97 Å². The molecule has 0 amide bonds. The smallest absolute Gasteiger partial charge is 0.160 e. The Morgan fingerprint density at radius 2 is 0.773 bits per heavy atom. The van der Waals surface area contributed by atoms with E-state index in [2.05, 4.69) is 145 Å². The van der Waals surface area contributed by atoms with Gasteiger partial charge in [-0.2, -0.15) is 0 Å². The lowest BCUT2D eigenvalue weighted by Crippen LogP contribution is -1.96. The molecule has 9 rings (SSSR count). The van der Waals surface area contributed by atoms with Crippen LogP contribution in [0.15, 0.2) is 152 Å². The van der Waals surface area contributed by atoms with E-state index in [1.165, 1.54) is 43.1 Å². The van der Waals surface area contributed by atoms with Crippen LogP contribution in [0.25, 0.3) is 87.9 Å². The summed E-state index contributed by atoms with van der Waals surface area (Å²) in [4.78, 5) is 14.9. The molecular formula is C41H25N3. The van der Waals surface area contributed by atoms with Crippen LogP contribution in [-0.2, 0) is 0 Å². The summed E-state index contributed by atoms with van der Waals surface area (Å²) in [7, 11) is 0. The third kappa shape index (κ3) is 4.26. The maximum absolute atomic E-state index is 5.14. The molecule has 0 saturated carbocycles. The van der Waals surface area contributed by atoms with Crippen LogP contribution in [0.2, 0.25) is 0 Å². The number of fused-ring (bicyclic) bond motifs is 5. The maximum atomic E-state index is 5.14. The van der Waals surface area contributed by atoms with Crippen molar-refractivity contribution in [2.24, 2.45) is 0 Å². The highest BCUT2D eigenvalue weighted by atomic mass is 14.9. The second kappa shape index (κ2) is 9.82. The fourth-order valence-electron chi connectivity index (χ4n) is 6.28. The van der Waals surface area contributed by atoms with Gasteiger partial charge in [0.15, 0.2) is 5.82 Å². The van der Waals surface area contributed by atoms with Gasteiger partial charge >= 0.3 is 0 Å². The minimum atomic E-state index is 0.683. The molecule has 0 aliphatic carbocycles. The maximum Gasteiger partial charge on any atom is 0.160 e. The fraction of sp³-hybridized carbons (Fsp3) is 0. The first-order valence-electron chi connectivity index (χ1n) is 14.8. The van der Waals surface area contributed by atoms with E-state index in [-0.39, 0.29) is 0 Å². The highest BCUT2D eigenvalue weighted by Gasteiger charge is 2.13. The van der Waals surface area contributed by atoms with Crippen LogP contribution in [-0.4, -0.2) is 15.0 Å². The summed E-state index contributed by atoms with van der Waals surface area (Å²) < 4.78 is 0. The number of hydrogen-bond acceptors (Lipinski definition) is 3. The zero-order valence-corrected chi connectivity index (χ0v) is 23.8. The molecule has 0 aliphatic rings. The molecular weight excluding hydrogens is 534 g/mol. The number of benzene rings is 7. The van der Waals surface area contributed by atoms with Crippen molar-refractivity contribution in [3.05, 3.63) is 152 Å². The second-order valence-corrected chi connectivity index (χ2v) is 11.4. The van der Waals surface area contributed by atoms with Crippen LogP contribution >= 0.6 is 0 Å². The molecule has 0 saturated heterocycles. The fourth-order valence-corrected chi connectivity index (χ4v) is 6.28. The number of nitrogens with zero attached hydrogens (tertiary/aromatic N) is 3. The highest BCUT2D eigenvalue weighted by molar-refractivity contribution is 6.01. The molecule has 0 N–H and O–H groups in total. The van der Waals surface area contributed by atoms with E-state index in [0.29, 0.717) is 5.82 Å². The number of rotatable bonds is 3. The third-order valence-electron chi connectivity index (χ3n) is 8.59. The van der Waals surface area contributed by atoms with Crippen molar-refractivity contribution in [2.75, 3.05) is 0 Å². The summed E-state index contributed by atoms with van der Waals surface area (Å²) in [6, 6.07) is 51.7. The topological polar surface area (TPSA) is 38.7 Å². The zero-order valence-electron chi connectivity index (χ0n) is 23.8. The van der Waals surface area contributed by atoms with Gasteiger partial charge in [-0.1, -0.05) is 91.0 Å². The summed E-state index contributed by atoms with van der Waals surface area (Å²) in [5, 5.41) is 10.8. The average molecular weight is 560 g/mol. The van der Waals surface area contributed by atoms with Crippen molar-refractivity contribution in [2.45, 2.75) is 0 Å². The summed E-state index contributed by atoms with van der Waals surface area (Å²) in [6.07, 6.45) is 1.83. The second-order valence-electron chi connectivity index (χ2n) is 11.4. The Bertz CT molecular complexity index is 2430. The SMILES string of the molecule is c1ccc2cc3cc(-c4cc(-c5ccc6cc7ccccc7cc6c5)nc(-c5ccc6cccnc6c5)n4)ccc3cc2c1. The quantitative estimate of drug-likeness (QED) is 0.202. The first-order valence-corrected chi connectivity index (χ1v) is 14.8. The molecule has 2 heterocycles. The lowest BCUT2D eigenvalue weighted by molar-refractivity contribution is 1.18. The lowest BCUT2D eigenvalue weighted by atomic mass is 9.98. The predicted molar refractivity (Wildman–Crippen MR) is 184 cm³/mol. The van der Waals surface area contributed by atoms with Gasteiger partial charge in [0, 0.05) is 28.3 Å². The van der Waals surface area contributed by atoms with Crippen molar-refractivity contribution < 1.29 is 0 Å². The van der Waals surface area contributed by atoms with Crippen molar-refractivity contribution >= 4 is 54.0 Å². The van der Waals surface area contributed by atoms with E-state index in [0.717, 1.165) is 39.0 Å². The van der Waals surface area contributed by atoms with Crippen LogP contribution in [0.1, 0.15) is 0 Å². The third-order valence-corrected chi connectivity index (χ3v) is 8.59. The number of hydrogen-bond donors (Lipinski definition) is 0. The van der Waals surface area contributed by atoms with E-state index in [1.807, 2.05) is 12.3 Å². The molecule has 0 atom stereocenters. The van der Waals surface area contributed by atoms with Crippen LogP contribution in [0.4, 0.5) is 0 Å². The molecule has 0 fully saturated rings. The molecule has 3 heteroatoms. The Morgan fingerprint density at radius 3 is 1.34 bits per heavy atom. The van der Waals surface area contributed by atoms with Gasteiger partial charge in [0.2, 0.25) is 0 Å². The molecule has 0 unspecified atom stereocenters. The highest BCUT2D eigenvalue weighted by Crippen LogP contribution is 2.33. The van der Waals surface area contributed by atoms with Crippen molar-refractivity contribution in [3.8, 4) is 33.9 Å². The van der Waals surface area contributed by atoms with Gasteiger partial charge in [-0.25, -0.2) is 9.97 Å². The van der Waals surface area contributed by atoms with Gasteiger partial charge in [0.1, 0.15) is 0 Å². The van der Waals surface area contributed by atoms with E-state index >= 15 is 0 Å². The number of aromatic nitrogens is 3. The van der Waals surface area contributed by atoms with Crippen LogP contribution in [0.5, 0.6) is 0 Å². The first kappa shape index (κ1) is 24.6. The molecule has 204 valence electrons. The van der Waals surface area contributed by atoms with Gasteiger partial charge in [0.05, 0.1) is 16.9 Å². The molecule has 0 aliphatic heterocycles. The minimum Gasteiger partial charge on any atom is -0.256 e. The monoisotopic (exact) mass is 559 g/mol. The Balaban J connectivity index is 1.24. The largest absolute Gasteiger partial charge is 0.256 e. The summed E-state index contributed by atoms with van der Waals surface area (Å²) in [5.74, 6) is 0.683. The summed E-state index contributed by atoms with van der Waals surface area (Å²) in [6.45, 7) is 0. The van der Waals surface area contributed by atoms with Crippen LogP contribution in [0, 0.1) is 0 Å². The zero-order chi connectivity index (χ0) is 29.0. The standard InChI is InChI=1S/C41H25N3/c1-3-8-29-20-36-22-33(14-12-31(36)18-27(29)6-1)39-25-40(44-41(43-39)35-16-11-26-10-5-17-42-38(26)24-35)34-15-13-32-19-28-7-2-4-9-30(28)21-37(32)23-34/h1-25H. The minimum absolute atomic E-state index is 0.683. The van der Waals surface area contributed by atoms with Crippen molar-refractivity contribution in [1.82, 2.24) is 15.0 Å². The van der Waals surface area contributed by atoms with E-state index < -0.39 is 0 Å². The molecule has 7 aromatic carbocycles. The molecule has 44 heavy (non-hydrogen) atoms. The Hall–Kier alpha value is -5.93. The van der Waals surface area contributed by atoms with Crippen LogP contribution < -0.4 is 0 Å². The summed E-state index contributed by atoms with van der Waals surface area (Å²) in [5.41, 5.74) is 5.76. The molecule has 2 aromatic heterocycles. The van der Waals surface area contributed by atoms with E-state index in [1.54, 1.807) is 0 Å². The molecule has 0 spiro atoms. The molecule has 0 radical (unpaired) electrons. The molecule has 3 nitrogen and oxygen atoms in total. The van der Waals surface area contributed by atoms with Gasteiger partial charge < -0.3 is 0 Å². The van der Waals surface area contributed by atoms with Crippen molar-refractivity contribution in [3.63, 3.8) is 0 Å². The van der Waals surface area contributed by atoms with Gasteiger partial charge in [0.25, 0.3) is 0 Å². The normalized spacial score (nSPS) is 11.6. The predicted octanol–water partition coefficient (Wildman–Crippen LogP) is 10.6. The number of pyridine rings is 1. The van der Waals surface area contributed by atoms with Gasteiger partial charge in [-0.05, 0) is 97.7 Å². The Morgan fingerprint density at radius 1 is 0.318 bits per heavy atom. The van der Waals surface area contributed by atoms with Crippen molar-refractivity contribution in [1.29, 1.82) is 0 Å². The van der Waals surface area contributed by atoms with Crippen LogP contribution in [0.3, 0.4) is 0 Å². The van der Waals surface area contributed by atoms with Gasteiger partial charge in [-0.15, -0.1) is 0 Å². The average Bonchev–Trinajstić information content (AvgIpc) is 3.09. The molecule has 9 aromatic rings. The van der Waals surface area contributed by atoms with Gasteiger partial charge in [-0.3, -0.25) is 4.98 Å². The Labute approximate surface area is 254 Å². The van der Waals surface area contributed by atoms with E-state index in [9.17, 15) is 0 Å². The first-order chi connectivity index (χ1) is 21.7. The summed E-state index contributed by atoms with van der Waals surface area (Å²) >= 11 is 0. The lowest BCUT2D eigenvalue weighted by Gasteiger charge is -2.12. The molecule has 0 bridgehead atoms.